The number of carbonyl (C=O) groups is 2. The summed E-state index contributed by atoms with van der Waals surface area (Å²) in [6, 6.07) is 4.12. The number of esters is 1. The molecule has 48 heavy (non-hydrogen) atoms. The minimum Gasteiger partial charge on any atom is -0.457 e. The molecule has 8 nitrogen and oxygen atoms in total. The molecule has 1 heterocycles. The van der Waals surface area contributed by atoms with Gasteiger partial charge in [0.25, 0.3) is 0 Å². The van der Waals surface area contributed by atoms with Crippen molar-refractivity contribution in [1.82, 2.24) is 0 Å². The van der Waals surface area contributed by atoms with Gasteiger partial charge in [0.2, 0.25) is 6.79 Å². The third-order valence-electron chi connectivity index (χ3n) is 9.05. The van der Waals surface area contributed by atoms with E-state index in [1.54, 1.807) is 6.08 Å². The first-order valence-corrected chi connectivity index (χ1v) is 17.6. The van der Waals surface area contributed by atoms with Crippen LogP contribution in [0.25, 0.3) is 0 Å². The summed E-state index contributed by atoms with van der Waals surface area (Å²) in [5.41, 5.74) is 5.24. The lowest BCUT2D eigenvalue weighted by Crippen LogP contribution is -2.20. The quantitative estimate of drug-likeness (QED) is 0.0631. The molecule has 8 heteroatoms. The molecule has 3 aliphatic rings. The summed E-state index contributed by atoms with van der Waals surface area (Å²) in [6.07, 6.45) is 12.4. The molecule has 3 atom stereocenters. The molecule has 1 aliphatic heterocycles. The fourth-order valence-corrected chi connectivity index (χ4v) is 6.09. The average molecular weight is 667 g/mol. The maximum atomic E-state index is 12.6. The van der Waals surface area contributed by atoms with Gasteiger partial charge in [0, 0.05) is 12.2 Å². The topological polar surface area (TPSA) is 89.5 Å². The van der Waals surface area contributed by atoms with Crippen LogP contribution in [0, 0.1) is 17.3 Å². The SMILES string of the molecule is C=C/C=C\CC1=C(C)[C@@H](OC(=O)C2[C@@H](C=C(C)C)C2(C)C)CC1=O.CCCCOCCOCCOCc1cc2c(cc1CCC)OCO2. The number of allylic oxidation sites excluding steroid dienone is 6. The molecule has 1 saturated carbocycles. The first-order chi connectivity index (χ1) is 23.0. The van der Waals surface area contributed by atoms with E-state index in [4.69, 9.17) is 28.4 Å². The number of ketones is 1. The number of fused-ring (bicyclic) bond motifs is 1. The van der Waals surface area contributed by atoms with Gasteiger partial charge < -0.3 is 28.4 Å². The van der Waals surface area contributed by atoms with Crippen LogP contribution in [0.3, 0.4) is 0 Å². The summed E-state index contributed by atoms with van der Waals surface area (Å²) in [7, 11) is 0. The van der Waals surface area contributed by atoms with Gasteiger partial charge >= 0.3 is 5.97 Å². The van der Waals surface area contributed by atoms with Gasteiger partial charge in [0.15, 0.2) is 17.3 Å². The number of rotatable bonds is 19. The first kappa shape index (κ1) is 39.2. The van der Waals surface area contributed by atoms with Crippen LogP contribution in [0.2, 0.25) is 0 Å². The zero-order valence-corrected chi connectivity index (χ0v) is 30.4. The third-order valence-corrected chi connectivity index (χ3v) is 9.05. The molecule has 4 rings (SSSR count). The number of hydrogen-bond acceptors (Lipinski definition) is 8. The van der Waals surface area contributed by atoms with Gasteiger partial charge in [-0.1, -0.05) is 77.0 Å². The molecule has 0 N–H and O–H groups in total. The highest BCUT2D eigenvalue weighted by atomic mass is 16.7. The van der Waals surface area contributed by atoms with E-state index in [0.29, 0.717) is 46.2 Å². The smallest absolute Gasteiger partial charge is 0.310 e. The molecule has 0 amide bonds. The Morgan fingerprint density at radius 2 is 1.62 bits per heavy atom. The lowest BCUT2D eigenvalue weighted by molar-refractivity contribution is -0.150. The molecule has 1 aromatic carbocycles. The van der Waals surface area contributed by atoms with Crippen LogP contribution in [0.4, 0.5) is 0 Å². The number of aryl methyl sites for hydroxylation is 1. The first-order valence-electron chi connectivity index (χ1n) is 17.6. The van der Waals surface area contributed by atoms with E-state index in [9.17, 15) is 9.59 Å². The zero-order chi connectivity index (χ0) is 35.1. The van der Waals surface area contributed by atoms with Crippen molar-refractivity contribution < 1.29 is 38.0 Å². The molecule has 1 aromatic rings. The summed E-state index contributed by atoms with van der Waals surface area (Å²) in [6.45, 7) is 22.3. The van der Waals surface area contributed by atoms with Gasteiger partial charge in [-0.2, -0.15) is 0 Å². The van der Waals surface area contributed by atoms with E-state index in [2.05, 4.69) is 46.4 Å². The van der Waals surface area contributed by atoms with Crippen LogP contribution in [0.5, 0.6) is 11.5 Å². The second kappa shape index (κ2) is 19.7. The molecule has 266 valence electrons. The van der Waals surface area contributed by atoms with E-state index in [-0.39, 0.29) is 35.4 Å². The lowest BCUT2D eigenvalue weighted by Gasteiger charge is -2.13. The van der Waals surface area contributed by atoms with E-state index in [0.717, 1.165) is 54.9 Å². The number of hydrogen-bond donors (Lipinski definition) is 0. The van der Waals surface area contributed by atoms with Gasteiger partial charge in [-0.05, 0) is 80.2 Å². The Bertz CT molecular complexity index is 1320. The minimum absolute atomic E-state index is 0.0654. The van der Waals surface area contributed by atoms with Crippen LogP contribution >= 0.6 is 0 Å². The second-order valence-electron chi connectivity index (χ2n) is 13.5. The second-order valence-corrected chi connectivity index (χ2v) is 13.5. The fraction of sp³-hybridized carbons (Fsp3) is 0.600. The molecule has 0 bridgehead atoms. The van der Waals surface area contributed by atoms with Crippen molar-refractivity contribution in [3.05, 3.63) is 70.9 Å². The van der Waals surface area contributed by atoms with Crippen molar-refractivity contribution >= 4 is 11.8 Å². The van der Waals surface area contributed by atoms with Crippen molar-refractivity contribution in [3.8, 4) is 11.5 Å². The fourth-order valence-electron chi connectivity index (χ4n) is 6.09. The predicted octanol–water partition coefficient (Wildman–Crippen LogP) is 8.28. The zero-order valence-electron chi connectivity index (χ0n) is 30.4. The standard InChI is InChI=1S/C21H28O3.C19H30O5/c1-7-8-9-10-15-14(4)18(12-17(15)22)24-20(23)19-16(11-13(2)3)21(19,5)6;1-3-5-7-20-8-9-21-10-11-22-14-17-13-19-18(23-15-24-19)12-16(17)6-4-2/h7-9,11,16,18-19H,1,10,12H2,2-6H3;12-13H,3-11,14-15H2,1-2H3/b9-8-;/t16-,18+,19?;/m1./s1. The van der Waals surface area contributed by atoms with Crippen molar-refractivity contribution in [2.75, 3.05) is 39.8 Å². The van der Waals surface area contributed by atoms with Gasteiger partial charge in [-0.3, -0.25) is 9.59 Å². The Morgan fingerprint density at radius 3 is 2.25 bits per heavy atom. The highest BCUT2D eigenvalue weighted by Gasteiger charge is 2.61. The molecule has 2 aliphatic carbocycles. The largest absolute Gasteiger partial charge is 0.457 e. The molecular formula is C40H58O8. The Morgan fingerprint density at radius 1 is 0.979 bits per heavy atom. The average Bonchev–Trinajstić information content (AvgIpc) is 3.28. The maximum absolute atomic E-state index is 12.6. The molecule has 1 fully saturated rings. The normalized spacial score (nSPS) is 20.5. The number of ether oxygens (including phenoxy) is 6. The van der Waals surface area contributed by atoms with Gasteiger partial charge in [-0.15, -0.1) is 0 Å². The van der Waals surface area contributed by atoms with Gasteiger partial charge in [0.05, 0.1) is 45.4 Å². The summed E-state index contributed by atoms with van der Waals surface area (Å²) in [5.74, 6) is 1.67. The molecule has 0 saturated heterocycles. The molecule has 0 aromatic heterocycles. The van der Waals surface area contributed by atoms with Crippen LogP contribution in [-0.4, -0.2) is 57.7 Å². The summed E-state index contributed by atoms with van der Waals surface area (Å²) >= 11 is 0. The highest BCUT2D eigenvalue weighted by Crippen LogP contribution is 2.60. The Balaban J connectivity index is 0.000000260. The van der Waals surface area contributed by atoms with E-state index < -0.39 is 6.10 Å². The van der Waals surface area contributed by atoms with E-state index in [1.165, 1.54) is 16.7 Å². The number of carbonyl (C=O) groups excluding carboxylic acids is 2. The number of Topliss-reactive ketones (excluding diaryl/α,β-unsaturated/α-hetero) is 1. The van der Waals surface area contributed by atoms with Crippen molar-refractivity contribution in [2.24, 2.45) is 17.3 Å². The summed E-state index contributed by atoms with van der Waals surface area (Å²) in [4.78, 5) is 24.8. The Kier molecular flexibility index (Phi) is 16.1. The molecule has 0 spiro atoms. The number of unbranched alkanes of at least 4 members (excludes halogenated alkanes) is 1. The minimum atomic E-state index is -0.402. The van der Waals surface area contributed by atoms with E-state index >= 15 is 0 Å². The molecule has 1 unspecified atom stereocenters. The van der Waals surface area contributed by atoms with Crippen LogP contribution < -0.4 is 9.47 Å². The summed E-state index contributed by atoms with van der Waals surface area (Å²) in [5, 5.41) is 0. The lowest BCUT2D eigenvalue weighted by atomic mass is 10.0. The number of benzene rings is 1. The Labute approximate surface area is 288 Å². The monoisotopic (exact) mass is 666 g/mol. The molecule has 0 radical (unpaired) electrons. The van der Waals surface area contributed by atoms with Crippen molar-refractivity contribution in [3.63, 3.8) is 0 Å². The van der Waals surface area contributed by atoms with Crippen molar-refractivity contribution in [2.45, 2.75) is 99.7 Å². The third kappa shape index (κ3) is 11.5. The molecular weight excluding hydrogens is 608 g/mol. The van der Waals surface area contributed by atoms with Gasteiger partial charge in [0.1, 0.15) is 6.10 Å². The van der Waals surface area contributed by atoms with Crippen LogP contribution in [0.15, 0.2) is 59.7 Å². The van der Waals surface area contributed by atoms with Crippen LogP contribution in [0.1, 0.15) is 91.7 Å². The van der Waals surface area contributed by atoms with Gasteiger partial charge in [-0.25, -0.2) is 0 Å². The maximum Gasteiger partial charge on any atom is 0.310 e. The van der Waals surface area contributed by atoms with E-state index in [1.807, 2.05) is 39.0 Å². The summed E-state index contributed by atoms with van der Waals surface area (Å²) < 4.78 is 33.3. The van der Waals surface area contributed by atoms with Crippen LogP contribution in [-0.2, 0) is 41.6 Å². The van der Waals surface area contributed by atoms with Crippen molar-refractivity contribution in [1.29, 1.82) is 0 Å². The Hall–Kier alpha value is -3.20. The predicted molar refractivity (Wildman–Crippen MR) is 189 cm³/mol. The highest BCUT2D eigenvalue weighted by molar-refractivity contribution is 6.00.